The molecule has 0 bridgehead atoms. The normalized spacial score (nSPS) is 9.37. The molecule has 0 radical (unpaired) electrons. The summed E-state index contributed by atoms with van der Waals surface area (Å²) in [5, 5.41) is 44.1. The molecule has 101 heavy (non-hydrogen) atoms. The Kier molecular flexibility index (Phi) is 42.0. The van der Waals surface area contributed by atoms with E-state index < -0.39 is 17.0 Å². The van der Waals surface area contributed by atoms with Crippen LogP contribution in [0.5, 0.6) is 0 Å². The average Bonchev–Trinajstić information content (AvgIpc) is 0.845. The molecular formula is C71H87N17O13. The number of carboxylic acid groups (broad SMARTS) is 1. The summed E-state index contributed by atoms with van der Waals surface area (Å²) < 4.78 is 13.9. The van der Waals surface area contributed by atoms with Crippen LogP contribution in [0.1, 0.15) is 109 Å². The van der Waals surface area contributed by atoms with Gasteiger partial charge in [0.2, 0.25) is 11.9 Å². The zero-order chi connectivity index (χ0) is 73.8. The maximum absolute atomic E-state index is 11.7. The van der Waals surface area contributed by atoms with Gasteiger partial charge in [0.05, 0.1) is 60.7 Å². The van der Waals surface area contributed by atoms with Crippen LogP contribution in [0.2, 0.25) is 0 Å². The molecule has 0 saturated heterocycles. The number of hydrogen-bond donors (Lipinski definition) is 9. The Balaban J connectivity index is 0.00000121. The van der Waals surface area contributed by atoms with Crippen LogP contribution in [0, 0.1) is 49.3 Å². The van der Waals surface area contributed by atoms with Gasteiger partial charge < -0.3 is 68.1 Å². The molecule has 30 heteroatoms. The molecule has 534 valence electrons. The predicted molar refractivity (Wildman–Crippen MR) is 388 cm³/mol. The van der Waals surface area contributed by atoms with Crippen molar-refractivity contribution in [2.24, 2.45) is 22.2 Å². The summed E-state index contributed by atoms with van der Waals surface area (Å²) in [5.74, 6) is -1.36. The largest absolute Gasteiger partial charge is 0.478 e. The van der Waals surface area contributed by atoms with Gasteiger partial charge in [0.15, 0.2) is 17.9 Å². The SMILES string of the molecule is C.C.CCCCO.CN(C)/C=C/C(=O)c1cccnc1.COC(=O)c1ccc(C)c(N)c1.COC(=O)c1ccc(C)c(N=C(N)N)c1.COC(=O)c1ccc(C)c(Nc2nccc(-c3cccnc3)n2)c1.Cc1ccc(C(=O)O)cc1Nc1nccc(-c2cccnc2)n1.N#CN.O=[N+]([O-])O. The van der Waals surface area contributed by atoms with Gasteiger partial charge in [-0.1, -0.05) is 52.5 Å². The first-order valence-electron chi connectivity index (χ1n) is 29.4. The van der Waals surface area contributed by atoms with Crippen LogP contribution in [-0.4, -0.2) is 138 Å². The number of ether oxygens (including phenoxy) is 3. The number of aliphatic imine (C=N–C) groups is 1. The highest BCUT2D eigenvalue weighted by molar-refractivity contribution is 6.04. The monoisotopic (exact) mass is 1390 g/mol. The summed E-state index contributed by atoms with van der Waals surface area (Å²) >= 11 is 0. The van der Waals surface area contributed by atoms with Gasteiger partial charge in [-0.25, -0.2) is 44.1 Å². The lowest BCUT2D eigenvalue weighted by atomic mass is 10.1. The van der Waals surface area contributed by atoms with E-state index in [-0.39, 0.29) is 44.1 Å². The minimum absolute atomic E-state index is 0. The number of nitrogen functional groups attached to an aromatic ring is 1. The second kappa shape index (κ2) is 48.4. The van der Waals surface area contributed by atoms with Gasteiger partial charge in [-0.2, -0.15) is 5.26 Å². The molecule has 5 heterocycles. The van der Waals surface area contributed by atoms with Crippen molar-refractivity contribution in [1.82, 2.24) is 39.8 Å². The van der Waals surface area contributed by atoms with Crippen LogP contribution in [0.3, 0.4) is 0 Å². The summed E-state index contributed by atoms with van der Waals surface area (Å²) in [5.41, 5.74) is 32.1. The van der Waals surface area contributed by atoms with Crippen molar-refractivity contribution in [2.75, 3.05) is 58.4 Å². The molecule has 0 aliphatic heterocycles. The smallest absolute Gasteiger partial charge is 0.337 e. The Morgan fingerprint density at radius 3 is 1.41 bits per heavy atom. The Labute approximate surface area is 586 Å². The molecule has 0 spiro atoms. The van der Waals surface area contributed by atoms with E-state index >= 15 is 0 Å². The summed E-state index contributed by atoms with van der Waals surface area (Å²) in [6.07, 6.45) is 19.9. The van der Waals surface area contributed by atoms with Crippen molar-refractivity contribution in [2.45, 2.75) is 62.3 Å². The highest BCUT2D eigenvalue weighted by Gasteiger charge is 2.13. The third-order valence-electron chi connectivity index (χ3n) is 12.4. The maximum atomic E-state index is 11.7. The Morgan fingerprint density at radius 2 is 1.04 bits per heavy atom. The third-order valence-corrected chi connectivity index (χ3v) is 12.4. The average molecular weight is 1390 g/mol. The number of rotatable bonds is 16. The molecule has 9 rings (SSSR count). The van der Waals surface area contributed by atoms with E-state index in [1.54, 1.807) is 141 Å². The van der Waals surface area contributed by atoms with Crippen molar-refractivity contribution >= 4 is 70.3 Å². The minimum Gasteiger partial charge on any atom is -0.478 e. The van der Waals surface area contributed by atoms with Gasteiger partial charge >= 0.3 is 23.9 Å². The van der Waals surface area contributed by atoms with Crippen molar-refractivity contribution in [3.05, 3.63) is 243 Å². The van der Waals surface area contributed by atoms with Crippen LogP contribution in [0.4, 0.5) is 34.6 Å². The fourth-order valence-corrected chi connectivity index (χ4v) is 7.30. The van der Waals surface area contributed by atoms with Crippen molar-refractivity contribution in [1.29, 1.82) is 5.26 Å². The molecule has 0 fully saturated rings. The number of aliphatic hydroxyl groups is 1. The van der Waals surface area contributed by atoms with Gasteiger partial charge in [-0.3, -0.25) is 19.7 Å². The standard InChI is InChI=1S/C18H16N4O2.C17H14N4O2.C10H13N3O2.C10H12N2O.C9H11NO2.C4H10O.CH2N2.2CH4.HNO3/c1-12-5-6-13(17(23)24-2)10-16(12)22-18-20-9-7-15(21-18)14-4-3-8-19-11-14;1-11-4-5-12(16(22)23)9-15(11)21-17-19-8-6-14(20-17)13-3-2-7-18-10-13;1-6-3-4-7(9(14)15-2)5-8(6)13-10(11)12;1-12(2)7-5-10(13)9-4-3-6-11-8-9;1-6-3-4-7(5-8(6)10)9(11)12-2;1-2-3-4-5;2-1-3;;;2-1(3)4/h3-11H,1-2H3,(H,20,21,22);2-10H,1H3,(H,22,23)(H,19,20,21);3-5H,1-2H3,(H4,11,12,13);3-8H,1-2H3;3-5H,10H2,1-2H3;5H,2-4H2,1H3;2H2;2*1H4;(H,2,3,4)/b;;;7-5+;;;;;;. The number of nitrogens with zero attached hydrogens (tertiary/aromatic N) is 11. The zero-order valence-electron chi connectivity index (χ0n) is 56.1. The quantitative estimate of drug-likeness (QED) is 0.00371. The van der Waals surface area contributed by atoms with E-state index in [1.807, 2.05) is 83.1 Å². The number of anilines is 5. The van der Waals surface area contributed by atoms with Crippen LogP contribution in [0.25, 0.3) is 22.5 Å². The fraction of sp³-hybridized carbons (Fsp3) is 0.211. The number of ketones is 1. The molecule has 30 nitrogen and oxygen atoms in total. The molecule has 5 aromatic heterocycles. The Bertz CT molecular complexity index is 4130. The number of aromatic nitrogens is 7. The molecule has 4 aromatic carbocycles. The van der Waals surface area contributed by atoms with Gasteiger partial charge in [0.25, 0.3) is 5.09 Å². The number of nitrogens with one attached hydrogen (secondary N) is 2. The topological polar surface area (TPSA) is 475 Å². The second-order valence-electron chi connectivity index (χ2n) is 20.0. The number of aromatic carboxylic acids is 1. The zero-order valence-corrected chi connectivity index (χ0v) is 56.1. The second-order valence-corrected chi connectivity index (χ2v) is 20.0. The number of allylic oxidation sites excluding steroid dienone is 1. The lowest BCUT2D eigenvalue weighted by Gasteiger charge is -2.10. The van der Waals surface area contributed by atoms with E-state index in [1.165, 1.54) is 33.6 Å². The van der Waals surface area contributed by atoms with Crippen LogP contribution < -0.4 is 33.6 Å². The molecule has 0 saturated carbocycles. The number of aryl methyl sites for hydroxylation is 4. The Morgan fingerprint density at radius 1 is 0.634 bits per heavy atom. The number of hydrogen-bond acceptors (Lipinski definition) is 25. The number of unbranched alkanes of at least 4 members (excludes halogenated alkanes) is 1. The first-order valence-corrected chi connectivity index (χ1v) is 29.4. The number of aliphatic hydroxyl groups excluding tert-OH is 1. The number of carboxylic acids is 1. The number of benzene rings is 4. The van der Waals surface area contributed by atoms with Gasteiger partial charge in [-0.05, 0) is 153 Å². The van der Waals surface area contributed by atoms with E-state index in [0.29, 0.717) is 57.8 Å². The molecule has 0 aliphatic rings. The number of carbonyl (C=O) groups excluding carboxylic acids is 4. The number of esters is 3. The Hall–Kier alpha value is -13.3. The number of carbonyl (C=O) groups is 5. The molecule has 0 aliphatic carbocycles. The van der Waals surface area contributed by atoms with Crippen LogP contribution >= 0.6 is 0 Å². The number of guanidine groups is 1. The highest BCUT2D eigenvalue weighted by atomic mass is 16.9. The lowest BCUT2D eigenvalue weighted by Crippen LogP contribution is -2.22. The van der Waals surface area contributed by atoms with Crippen molar-refractivity contribution in [3.8, 4) is 28.7 Å². The van der Waals surface area contributed by atoms with Gasteiger partial charge in [0.1, 0.15) is 0 Å². The lowest BCUT2D eigenvalue weighted by molar-refractivity contribution is -0.742. The summed E-state index contributed by atoms with van der Waals surface area (Å²) in [6, 6.07) is 34.9. The molecule has 9 aromatic rings. The van der Waals surface area contributed by atoms with Crippen molar-refractivity contribution in [3.63, 3.8) is 0 Å². The van der Waals surface area contributed by atoms with E-state index in [9.17, 15) is 24.0 Å². The fourth-order valence-electron chi connectivity index (χ4n) is 7.30. The van der Waals surface area contributed by atoms with Crippen molar-refractivity contribution < 1.29 is 58.7 Å². The summed E-state index contributed by atoms with van der Waals surface area (Å²) in [6.45, 7) is 9.96. The third kappa shape index (κ3) is 33.8. The van der Waals surface area contributed by atoms with Gasteiger partial charge in [-0.15, -0.1) is 10.1 Å². The maximum Gasteiger partial charge on any atom is 0.337 e. The first-order chi connectivity index (χ1) is 47.2. The first kappa shape index (κ1) is 87.7. The van der Waals surface area contributed by atoms with Gasteiger partial charge in [0, 0.05) is 116 Å². The molecule has 0 unspecified atom stereocenters. The van der Waals surface area contributed by atoms with E-state index in [4.69, 9.17) is 52.7 Å². The number of methoxy groups -OCH3 is 3. The molecule has 0 atom stereocenters. The van der Waals surface area contributed by atoms with Crippen LogP contribution in [0.15, 0.2) is 188 Å². The molecule has 13 N–H and O–H groups in total. The molecule has 0 amide bonds. The van der Waals surface area contributed by atoms with E-state index in [0.717, 1.165) is 63.3 Å². The summed E-state index contributed by atoms with van der Waals surface area (Å²) in [7, 11) is 7.76. The molecular weight excluding hydrogens is 1300 g/mol. The van der Waals surface area contributed by atoms with E-state index in [2.05, 4.69) is 72.6 Å². The highest BCUT2D eigenvalue weighted by Crippen LogP contribution is 2.25. The number of nitrogens with two attached hydrogens (primary N) is 4. The van der Waals surface area contributed by atoms with Crippen LogP contribution in [-0.2, 0) is 14.2 Å². The number of pyridine rings is 3. The predicted octanol–water partition coefficient (Wildman–Crippen LogP) is 11.2. The minimum atomic E-state index is -1.50. The number of nitriles is 1. The summed E-state index contributed by atoms with van der Waals surface area (Å²) in [4.78, 5) is 99.9.